The smallest absolute Gasteiger partial charge is 0.259 e. The van der Waals surface area contributed by atoms with Crippen LogP contribution in [-0.4, -0.2) is 54.6 Å². The van der Waals surface area contributed by atoms with Crippen molar-refractivity contribution in [2.75, 3.05) is 38.2 Å². The van der Waals surface area contributed by atoms with Gasteiger partial charge in [-0.05, 0) is 50.5 Å². The molecular formula is C24H30N2O5. The van der Waals surface area contributed by atoms with Crippen LogP contribution in [0.1, 0.15) is 52.6 Å². The molecule has 0 aliphatic carbocycles. The second-order valence-corrected chi connectivity index (χ2v) is 7.41. The third-order valence-electron chi connectivity index (χ3n) is 5.31. The Morgan fingerprint density at radius 3 is 2.45 bits per heavy atom. The first-order chi connectivity index (χ1) is 15.0. The van der Waals surface area contributed by atoms with E-state index in [1.807, 2.05) is 32.0 Å². The maximum absolute atomic E-state index is 13.2. The Bertz CT molecular complexity index is 957. The van der Waals surface area contributed by atoms with Gasteiger partial charge in [0.1, 0.15) is 11.5 Å². The number of hydrogen-bond donors (Lipinski definition) is 2. The number of aliphatic hydroxyl groups excluding tert-OH is 1. The largest absolute Gasteiger partial charge is 0.493 e. The average molecular weight is 427 g/mol. The van der Waals surface area contributed by atoms with Gasteiger partial charge in [0.15, 0.2) is 5.78 Å². The van der Waals surface area contributed by atoms with E-state index in [0.29, 0.717) is 42.4 Å². The molecule has 0 saturated heterocycles. The lowest BCUT2D eigenvalue weighted by Crippen LogP contribution is -2.33. The number of aliphatic hydroxyl groups is 1. The number of benzene rings is 2. The number of ketones is 1. The van der Waals surface area contributed by atoms with Crippen LogP contribution < -0.4 is 14.8 Å². The standard InChI is InChI=1S/C24H30N2O5/c1-4-30-22-14-23(31-5-2)20(13-19(22)16(3)28)24(29)25-21-8-6-7-17-15-26(11-12-27)10-9-18(17)21/h6-8,13-14,27H,4-5,9-12,15H2,1-3H3,(H,25,29). The Morgan fingerprint density at radius 2 is 1.81 bits per heavy atom. The molecule has 0 unspecified atom stereocenters. The molecule has 0 spiro atoms. The highest BCUT2D eigenvalue weighted by Crippen LogP contribution is 2.32. The van der Waals surface area contributed by atoms with Crippen LogP contribution >= 0.6 is 0 Å². The van der Waals surface area contributed by atoms with Gasteiger partial charge < -0.3 is 19.9 Å². The molecule has 0 atom stereocenters. The minimum atomic E-state index is -0.333. The van der Waals surface area contributed by atoms with E-state index in [1.54, 1.807) is 12.1 Å². The summed E-state index contributed by atoms with van der Waals surface area (Å²) in [5.41, 5.74) is 3.64. The number of ether oxygens (including phenoxy) is 2. The van der Waals surface area contributed by atoms with E-state index in [-0.39, 0.29) is 18.3 Å². The highest BCUT2D eigenvalue weighted by molar-refractivity contribution is 6.09. The molecular weight excluding hydrogens is 396 g/mol. The van der Waals surface area contributed by atoms with Crippen LogP contribution in [0.15, 0.2) is 30.3 Å². The summed E-state index contributed by atoms with van der Waals surface area (Å²) in [7, 11) is 0. The number of hydrogen-bond acceptors (Lipinski definition) is 6. The van der Waals surface area contributed by atoms with Crippen molar-refractivity contribution in [3.8, 4) is 11.5 Å². The van der Waals surface area contributed by atoms with Gasteiger partial charge in [0.25, 0.3) is 5.91 Å². The van der Waals surface area contributed by atoms with Crippen molar-refractivity contribution in [3.05, 3.63) is 52.6 Å². The average Bonchev–Trinajstić information content (AvgIpc) is 2.74. The number of carbonyl (C=O) groups excluding carboxylic acids is 2. The first kappa shape index (κ1) is 22.8. The molecule has 1 aliphatic rings. The van der Waals surface area contributed by atoms with Crippen molar-refractivity contribution in [2.24, 2.45) is 0 Å². The van der Waals surface area contributed by atoms with Crippen LogP contribution in [0.2, 0.25) is 0 Å². The Hall–Kier alpha value is -2.90. The summed E-state index contributed by atoms with van der Waals surface area (Å²) in [6.45, 7) is 8.23. The van der Waals surface area contributed by atoms with Gasteiger partial charge in [-0.1, -0.05) is 12.1 Å². The van der Waals surface area contributed by atoms with Crippen molar-refractivity contribution in [1.82, 2.24) is 4.90 Å². The fraction of sp³-hybridized carbons (Fsp3) is 0.417. The highest BCUT2D eigenvalue weighted by atomic mass is 16.5. The predicted molar refractivity (Wildman–Crippen MR) is 119 cm³/mol. The second kappa shape index (κ2) is 10.4. The van der Waals surface area contributed by atoms with E-state index in [1.165, 1.54) is 6.92 Å². The summed E-state index contributed by atoms with van der Waals surface area (Å²) in [4.78, 5) is 27.6. The minimum Gasteiger partial charge on any atom is -0.493 e. The molecule has 0 radical (unpaired) electrons. The molecule has 0 fully saturated rings. The predicted octanol–water partition coefficient (Wildman–Crippen LogP) is 3.29. The zero-order valence-electron chi connectivity index (χ0n) is 18.4. The normalized spacial score (nSPS) is 13.4. The maximum atomic E-state index is 13.2. The molecule has 0 aromatic heterocycles. The summed E-state index contributed by atoms with van der Waals surface area (Å²) in [6, 6.07) is 9.02. The molecule has 1 heterocycles. The Balaban J connectivity index is 1.92. The molecule has 166 valence electrons. The molecule has 7 heteroatoms. The van der Waals surface area contributed by atoms with Crippen molar-refractivity contribution >= 4 is 17.4 Å². The molecule has 2 aromatic rings. The van der Waals surface area contributed by atoms with Crippen molar-refractivity contribution < 1.29 is 24.2 Å². The van der Waals surface area contributed by atoms with Crippen LogP contribution in [0.5, 0.6) is 11.5 Å². The number of nitrogens with one attached hydrogen (secondary N) is 1. The molecule has 1 amide bonds. The van der Waals surface area contributed by atoms with Gasteiger partial charge in [-0.2, -0.15) is 0 Å². The lowest BCUT2D eigenvalue weighted by Gasteiger charge is -2.29. The van der Waals surface area contributed by atoms with E-state index >= 15 is 0 Å². The number of carbonyl (C=O) groups is 2. The number of rotatable bonds is 9. The van der Waals surface area contributed by atoms with Gasteiger partial charge in [-0.25, -0.2) is 0 Å². The summed E-state index contributed by atoms with van der Waals surface area (Å²) in [5, 5.41) is 12.2. The number of fused-ring (bicyclic) bond motifs is 1. The molecule has 0 saturated carbocycles. The number of Topliss-reactive ketones (excluding diaryl/α,β-unsaturated/α-hetero) is 1. The van der Waals surface area contributed by atoms with Gasteiger partial charge in [0.05, 0.1) is 30.9 Å². The molecule has 2 N–H and O–H groups in total. The van der Waals surface area contributed by atoms with Gasteiger partial charge in [0.2, 0.25) is 0 Å². The fourth-order valence-electron chi connectivity index (χ4n) is 3.87. The van der Waals surface area contributed by atoms with Crippen molar-refractivity contribution in [3.63, 3.8) is 0 Å². The quantitative estimate of drug-likeness (QED) is 0.599. The molecule has 1 aliphatic heterocycles. The topological polar surface area (TPSA) is 88.1 Å². The van der Waals surface area contributed by atoms with Crippen molar-refractivity contribution in [1.29, 1.82) is 0 Å². The molecule has 7 nitrogen and oxygen atoms in total. The Morgan fingerprint density at radius 1 is 1.10 bits per heavy atom. The van der Waals surface area contributed by atoms with Gasteiger partial charge in [-0.15, -0.1) is 0 Å². The van der Waals surface area contributed by atoms with E-state index < -0.39 is 0 Å². The van der Waals surface area contributed by atoms with Crippen LogP contribution in [0, 0.1) is 0 Å². The second-order valence-electron chi connectivity index (χ2n) is 7.41. The SMILES string of the molecule is CCOc1cc(OCC)c(C(=O)Nc2cccc3c2CCN(CCO)C3)cc1C(C)=O. The van der Waals surface area contributed by atoms with Gasteiger partial charge >= 0.3 is 0 Å². The number of anilines is 1. The zero-order valence-corrected chi connectivity index (χ0v) is 18.4. The van der Waals surface area contributed by atoms with E-state index in [2.05, 4.69) is 10.2 Å². The summed E-state index contributed by atoms with van der Waals surface area (Å²) < 4.78 is 11.3. The fourth-order valence-corrected chi connectivity index (χ4v) is 3.87. The monoisotopic (exact) mass is 426 g/mol. The number of nitrogens with zero attached hydrogens (tertiary/aromatic N) is 1. The first-order valence-corrected chi connectivity index (χ1v) is 10.7. The van der Waals surface area contributed by atoms with Crippen LogP contribution in [0.3, 0.4) is 0 Å². The lowest BCUT2D eigenvalue weighted by atomic mass is 9.97. The lowest BCUT2D eigenvalue weighted by molar-refractivity contribution is 0.101. The molecule has 31 heavy (non-hydrogen) atoms. The van der Waals surface area contributed by atoms with Crippen LogP contribution in [0.25, 0.3) is 0 Å². The highest BCUT2D eigenvalue weighted by Gasteiger charge is 2.23. The number of amides is 1. The van der Waals surface area contributed by atoms with E-state index in [4.69, 9.17) is 9.47 Å². The molecule has 0 bridgehead atoms. The van der Waals surface area contributed by atoms with Gasteiger partial charge in [-0.3, -0.25) is 14.5 Å². The summed E-state index contributed by atoms with van der Waals surface area (Å²) in [5.74, 6) is 0.283. The number of β-amino-alcohol motifs (C(OH)–C–C–N with tert-alkyl or cyclic N) is 1. The van der Waals surface area contributed by atoms with Crippen LogP contribution in [-0.2, 0) is 13.0 Å². The molecule has 2 aromatic carbocycles. The van der Waals surface area contributed by atoms with E-state index in [0.717, 1.165) is 36.3 Å². The third kappa shape index (κ3) is 5.24. The third-order valence-corrected chi connectivity index (χ3v) is 5.31. The maximum Gasteiger partial charge on any atom is 0.259 e. The Labute approximate surface area is 183 Å². The summed E-state index contributed by atoms with van der Waals surface area (Å²) >= 11 is 0. The van der Waals surface area contributed by atoms with Gasteiger partial charge in [0, 0.05) is 31.4 Å². The zero-order chi connectivity index (χ0) is 22.4. The first-order valence-electron chi connectivity index (χ1n) is 10.7. The molecule has 3 rings (SSSR count). The Kier molecular flexibility index (Phi) is 7.65. The summed E-state index contributed by atoms with van der Waals surface area (Å²) in [6.07, 6.45) is 0.784. The van der Waals surface area contributed by atoms with Crippen LogP contribution in [0.4, 0.5) is 5.69 Å². The minimum absolute atomic E-state index is 0.127. The van der Waals surface area contributed by atoms with Crippen molar-refractivity contribution in [2.45, 2.75) is 33.7 Å². The van der Waals surface area contributed by atoms with E-state index in [9.17, 15) is 14.7 Å².